The molecule has 0 atom stereocenters. The lowest BCUT2D eigenvalue weighted by molar-refractivity contribution is -0.143. The number of carbonyl (C=O) groups excluding carboxylic acids is 1. The fourth-order valence-electron chi connectivity index (χ4n) is 4.91. The van der Waals surface area contributed by atoms with Crippen molar-refractivity contribution in [2.24, 2.45) is 0 Å². The van der Waals surface area contributed by atoms with Gasteiger partial charge in [-0.2, -0.15) is 26.3 Å². The number of thiocarbonyl (C=S) groups is 1. The molecule has 250 valence electrons. The summed E-state index contributed by atoms with van der Waals surface area (Å²) in [6.45, 7) is 3.50. The molecule has 2 aliphatic heterocycles. The number of aromatic carboxylic acids is 1. The molecule has 2 aliphatic rings. The minimum absolute atomic E-state index is 0.0760. The van der Waals surface area contributed by atoms with Crippen molar-refractivity contribution in [2.45, 2.75) is 25.3 Å². The minimum Gasteiger partial charge on any atom is -0.493 e. The van der Waals surface area contributed by atoms with E-state index < -0.39 is 29.4 Å². The van der Waals surface area contributed by atoms with E-state index in [0.29, 0.717) is 66.3 Å². The average Bonchev–Trinajstić information content (AvgIpc) is 3.59. The van der Waals surface area contributed by atoms with Gasteiger partial charge in [-0.15, -0.1) is 11.3 Å². The molecule has 0 saturated carbocycles. The minimum atomic E-state index is -4.97. The first-order chi connectivity index (χ1) is 22.2. The number of carboxylic acids is 1. The molecule has 3 aromatic rings. The molecule has 2 saturated heterocycles. The van der Waals surface area contributed by atoms with E-state index in [9.17, 15) is 41.0 Å². The van der Waals surface area contributed by atoms with Gasteiger partial charge in [-0.25, -0.2) is 4.79 Å². The summed E-state index contributed by atoms with van der Waals surface area (Å²) in [5.74, 6) is -0.900. The third-order valence-electron chi connectivity index (χ3n) is 7.28. The van der Waals surface area contributed by atoms with E-state index in [1.165, 1.54) is 28.5 Å². The first-order valence-electron chi connectivity index (χ1n) is 14.1. The Bertz CT molecular complexity index is 1670. The summed E-state index contributed by atoms with van der Waals surface area (Å²) in [5, 5.41) is 10.9. The molecule has 1 aromatic heterocycles. The predicted molar refractivity (Wildman–Crippen MR) is 169 cm³/mol. The molecule has 5 rings (SSSR count). The van der Waals surface area contributed by atoms with Crippen LogP contribution in [0.3, 0.4) is 0 Å². The quantitative estimate of drug-likeness (QED) is 0.0993. The Kier molecular flexibility index (Phi) is 10.7. The van der Waals surface area contributed by atoms with E-state index >= 15 is 0 Å². The van der Waals surface area contributed by atoms with Gasteiger partial charge in [-0.05, 0) is 71.5 Å². The maximum atomic E-state index is 13.3. The van der Waals surface area contributed by atoms with Gasteiger partial charge < -0.3 is 14.6 Å². The van der Waals surface area contributed by atoms with Gasteiger partial charge in [0.05, 0.1) is 41.4 Å². The number of thioether (sulfide) groups is 1. The summed E-state index contributed by atoms with van der Waals surface area (Å²) >= 11 is 7.49. The highest BCUT2D eigenvalue weighted by Crippen LogP contribution is 2.40. The first kappa shape index (κ1) is 34.9. The summed E-state index contributed by atoms with van der Waals surface area (Å²) in [4.78, 5) is 28.9. The van der Waals surface area contributed by atoms with Gasteiger partial charge in [-0.3, -0.25) is 14.6 Å². The molecule has 0 bridgehead atoms. The Morgan fingerprint density at radius 3 is 2.32 bits per heavy atom. The van der Waals surface area contributed by atoms with Crippen molar-refractivity contribution in [3.63, 3.8) is 0 Å². The average molecular weight is 717 g/mol. The number of thiophene rings is 1. The fourth-order valence-corrected chi connectivity index (χ4v) is 7.13. The highest BCUT2D eigenvalue weighted by atomic mass is 32.2. The predicted octanol–water partition coefficient (Wildman–Crippen LogP) is 7.65. The summed E-state index contributed by atoms with van der Waals surface area (Å²) in [6, 6.07) is 7.48. The molecule has 2 fully saturated rings. The monoisotopic (exact) mass is 716 g/mol. The lowest BCUT2D eigenvalue weighted by Gasteiger charge is -2.27. The Morgan fingerprint density at radius 2 is 1.68 bits per heavy atom. The molecule has 2 aromatic carbocycles. The van der Waals surface area contributed by atoms with E-state index in [4.69, 9.17) is 21.7 Å². The van der Waals surface area contributed by atoms with Crippen LogP contribution in [0.2, 0.25) is 0 Å². The summed E-state index contributed by atoms with van der Waals surface area (Å²) in [6.07, 6.45) is -8.03. The van der Waals surface area contributed by atoms with Gasteiger partial charge >= 0.3 is 18.3 Å². The number of halogens is 6. The van der Waals surface area contributed by atoms with Crippen LogP contribution in [0.1, 0.15) is 38.3 Å². The zero-order valence-corrected chi connectivity index (χ0v) is 26.8. The Morgan fingerprint density at radius 1 is 1.00 bits per heavy atom. The van der Waals surface area contributed by atoms with Crippen molar-refractivity contribution in [1.82, 2.24) is 9.80 Å². The van der Waals surface area contributed by atoms with E-state index in [2.05, 4.69) is 4.90 Å². The van der Waals surface area contributed by atoms with E-state index in [-0.39, 0.29) is 46.7 Å². The molecule has 16 heteroatoms. The molecule has 0 unspecified atom stereocenters. The molecular weight excluding hydrogens is 691 g/mol. The molecule has 7 nitrogen and oxygen atoms in total. The van der Waals surface area contributed by atoms with Gasteiger partial charge in [-0.1, -0.05) is 24.0 Å². The first-order valence-corrected chi connectivity index (χ1v) is 16.2. The number of morpholine rings is 1. The van der Waals surface area contributed by atoms with Crippen LogP contribution in [-0.4, -0.2) is 70.6 Å². The topological polar surface area (TPSA) is 79.3 Å². The number of alkyl halides is 6. The van der Waals surface area contributed by atoms with Gasteiger partial charge in [0.2, 0.25) is 0 Å². The van der Waals surface area contributed by atoms with E-state index in [1.54, 1.807) is 12.1 Å². The number of amides is 1. The van der Waals surface area contributed by atoms with Crippen LogP contribution in [0.15, 0.2) is 52.7 Å². The number of hydrogen-bond donors (Lipinski definition) is 1. The lowest BCUT2D eigenvalue weighted by Crippen LogP contribution is -2.35. The van der Waals surface area contributed by atoms with Crippen LogP contribution >= 0.6 is 35.3 Å². The Labute approximate surface area is 278 Å². The molecule has 0 radical (unpaired) electrons. The second-order valence-electron chi connectivity index (χ2n) is 10.6. The van der Waals surface area contributed by atoms with E-state index in [0.717, 1.165) is 28.7 Å². The maximum Gasteiger partial charge on any atom is 0.416 e. The highest BCUT2D eigenvalue weighted by Gasteiger charge is 2.37. The van der Waals surface area contributed by atoms with E-state index in [1.807, 2.05) is 0 Å². The number of nitrogens with zero attached hydrogens (tertiary/aromatic N) is 2. The molecule has 1 amide bonds. The van der Waals surface area contributed by atoms with Gasteiger partial charge in [0.25, 0.3) is 5.91 Å². The number of ether oxygens (including phenoxy) is 2. The van der Waals surface area contributed by atoms with Crippen molar-refractivity contribution >= 4 is 57.6 Å². The van der Waals surface area contributed by atoms with Crippen molar-refractivity contribution in [2.75, 3.05) is 39.5 Å². The standard InChI is InChI=1S/C31H26F6N2O5S3/c32-30(33,34)22-11-19(12-23(14-22)31(35,36)37)21-13-24(46-17-21)15-26-27(40)39(29(45)47-26)4-1-7-44-25-3-2-18(28(41)42)10-20(25)16-38-5-8-43-9-6-38/h2-3,10-15,17H,1,4-9,16H2,(H,41,42)/b26-15-. The normalized spacial score (nSPS) is 17.1. The van der Waals surface area contributed by atoms with Crippen LogP contribution in [-0.2, 0) is 28.4 Å². The molecular formula is C31H26F6N2O5S3. The van der Waals surface area contributed by atoms with Crippen LogP contribution in [0, 0.1) is 0 Å². The SMILES string of the molecule is O=C(O)c1ccc(OCCCN2C(=O)/C(=C/c3cc(-c4cc(C(F)(F)F)cc(C(F)(F)F)c4)cs3)SC2=S)c(CN2CCOCC2)c1. The molecule has 0 aliphatic carbocycles. The van der Waals surface area contributed by atoms with Crippen LogP contribution in [0.5, 0.6) is 5.75 Å². The molecule has 0 spiro atoms. The number of rotatable bonds is 10. The molecule has 1 N–H and O–H groups in total. The number of carbonyl (C=O) groups is 2. The van der Waals surface area contributed by atoms with Crippen LogP contribution in [0.25, 0.3) is 17.2 Å². The Balaban J connectivity index is 1.23. The fraction of sp³-hybridized carbons (Fsp3) is 0.323. The summed E-state index contributed by atoms with van der Waals surface area (Å²) in [5.41, 5.74) is -2.06. The van der Waals surface area contributed by atoms with Gasteiger partial charge in [0, 0.05) is 36.6 Å². The van der Waals surface area contributed by atoms with Crippen molar-refractivity contribution < 1.29 is 50.5 Å². The van der Waals surface area contributed by atoms with Crippen LogP contribution in [0.4, 0.5) is 26.3 Å². The smallest absolute Gasteiger partial charge is 0.416 e. The number of benzene rings is 2. The van der Waals surface area contributed by atoms with Gasteiger partial charge in [0.1, 0.15) is 10.1 Å². The lowest BCUT2D eigenvalue weighted by atomic mass is 10.0. The zero-order valence-electron chi connectivity index (χ0n) is 24.3. The maximum absolute atomic E-state index is 13.3. The third-order valence-corrected chi connectivity index (χ3v) is 9.53. The van der Waals surface area contributed by atoms with Crippen LogP contribution < -0.4 is 4.74 Å². The Hall–Kier alpha value is -3.44. The van der Waals surface area contributed by atoms with Crippen molar-refractivity contribution in [3.8, 4) is 16.9 Å². The van der Waals surface area contributed by atoms with Gasteiger partial charge in [0.15, 0.2) is 0 Å². The second-order valence-corrected chi connectivity index (χ2v) is 13.2. The third kappa shape index (κ3) is 8.73. The molecule has 47 heavy (non-hydrogen) atoms. The van der Waals surface area contributed by atoms with Crippen molar-refractivity contribution in [1.29, 1.82) is 0 Å². The summed E-state index contributed by atoms with van der Waals surface area (Å²) < 4.78 is 91.6. The number of hydrogen-bond acceptors (Lipinski definition) is 8. The largest absolute Gasteiger partial charge is 0.493 e. The van der Waals surface area contributed by atoms with Crippen molar-refractivity contribution in [3.05, 3.63) is 79.9 Å². The zero-order chi connectivity index (χ0) is 33.9. The molecule has 3 heterocycles. The number of carboxylic acid groups (broad SMARTS) is 1. The second kappa shape index (κ2) is 14.4. The summed E-state index contributed by atoms with van der Waals surface area (Å²) in [7, 11) is 0. The highest BCUT2D eigenvalue weighted by molar-refractivity contribution is 8.26.